The Hall–Kier alpha value is -4.28. The van der Waals surface area contributed by atoms with Gasteiger partial charge < -0.3 is 20.4 Å². The second-order valence-corrected chi connectivity index (χ2v) is 11.4. The van der Waals surface area contributed by atoms with Gasteiger partial charge in [0, 0.05) is 42.8 Å². The number of piperazine rings is 1. The number of nitrogens with one attached hydrogen (secondary N) is 3. The van der Waals surface area contributed by atoms with Crippen molar-refractivity contribution >= 4 is 57.8 Å². The van der Waals surface area contributed by atoms with Gasteiger partial charge in [-0.1, -0.05) is 30.3 Å². The van der Waals surface area contributed by atoms with Crippen molar-refractivity contribution in [2.45, 2.75) is 25.8 Å². The summed E-state index contributed by atoms with van der Waals surface area (Å²) in [5, 5.41) is 16.6. The third kappa shape index (κ3) is 5.66. The topological polar surface area (TPSA) is 110 Å². The molecule has 3 N–H and O–H groups in total. The first kappa shape index (κ1) is 26.9. The van der Waals surface area contributed by atoms with Gasteiger partial charge in [-0.25, -0.2) is 0 Å². The van der Waals surface area contributed by atoms with Gasteiger partial charge in [-0.05, 0) is 73.2 Å². The quantitative estimate of drug-likeness (QED) is 0.320. The normalized spacial score (nSPS) is 17.4. The number of nitrogens with zero attached hydrogens (tertiary/aromatic N) is 3. The predicted molar refractivity (Wildman–Crippen MR) is 162 cm³/mol. The molecule has 9 nitrogen and oxygen atoms in total. The van der Waals surface area contributed by atoms with Crippen LogP contribution in [0, 0.1) is 6.92 Å². The molecule has 1 atom stereocenters. The fraction of sp³-hybridized carbons (Fsp3) is 0.290. The number of aryl methyl sites for hydroxylation is 1. The van der Waals surface area contributed by atoms with Gasteiger partial charge in [-0.3, -0.25) is 19.5 Å². The molecule has 4 aromatic rings. The minimum atomic E-state index is -0.213. The second-order valence-electron chi connectivity index (χ2n) is 10.4. The number of H-pyrrole nitrogens is 1. The zero-order chi connectivity index (χ0) is 28.3. The van der Waals surface area contributed by atoms with Gasteiger partial charge >= 0.3 is 0 Å². The Bertz CT molecular complexity index is 1630. The van der Waals surface area contributed by atoms with Crippen LogP contribution < -0.4 is 10.6 Å². The molecular weight excluding hydrogens is 536 g/mol. The van der Waals surface area contributed by atoms with E-state index in [-0.39, 0.29) is 23.8 Å². The number of para-hydroxylation sites is 1. The number of aromatic nitrogens is 2. The maximum absolute atomic E-state index is 13.5. The Morgan fingerprint density at radius 3 is 2.59 bits per heavy atom. The fourth-order valence-electron chi connectivity index (χ4n) is 5.44. The molecule has 41 heavy (non-hydrogen) atoms. The maximum Gasteiger partial charge on any atom is 0.266 e. The van der Waals surface area contributed by atoms with E-state index in [0.717, 1.165) is 47.1 Å². The number of fused-ring (bicyclic) bond motifs is 1. The number of amides is 3. The average Bonchev–Trinajstić information content (AvgIpc) is 3.77. The van der Waals surface area contributed by atoms with Crippen LogP contribution in [-0.4, -0.2) is 76.5 Å². The minimum absolute atomic E-state index is 0.101. The number of carbonyl (C=O) groups is 3. The molecule has 2 aliphatic heterocycles. The first-order chi connectivity index (χ1) is 20.0. The van der Waals surface area contributed by atoms with Crippen LogP contribution in [0.15, 0.2) is 53.9 Å². The standard InChI is InChI=1S/C31H32N6O3S/c1-20-12-18-41-28(20)29(38)33-27-19-22(9-8-21(27)10-11-25-23-5-2-3-6-24(23)34-35-25)30(39)36-14-16-37(17-15-36)31(40)26-7-4-13-32-26/h2-3,5-6,8-12,18-19,26,32H,4,7,13-17H2,1H3,(H,33,38)(H,34,35)/b11-10+. The fourth-order valence-corrected chi connectivity index (χ4v) is 6.26. The molecule has 2 saturated heterocycles. The van der Waals surface area contributed by atoms with Crippen LogP contribution in [0.3, 0.4) is 0 Å². The Morgan fingerprint density at radius 1 is 1.02 bits per heavy atom. The number of benzene rings is 2. The van der Waals surface area contributed by atoms with Crippen LogP contribution >= 0.6 is 11.3 Å². The van der Waals surface area contributed by atoms with Gasteiger partial charge in [0.25, 0.3) is 11.8 Å². The molecule has 2 aromatic carbocycles. The summed E-state index contributed by atoms with van der Waals surface area (Å²) in [5.74, 6) is -0.202. The van der Waals surface area contributed by atoms with Crippen molar-refractivity contribution in [3.05, 3.63) is 81.2 Å². The Balaban J connectivity index is 1.23. The van der Waals surface area contributed by atoms with Crippen LogP contribution in [0.1, 0.15) is 49.7 Å². The Morgan fingerprint density at radius 2 is 1.83 bits per heavy atom. The van der Waals surface area contributed by atoms with Crippen molar-refractivity contribution in [2.24, 2.45) is 0 Å². The third-order valence-electron chi connectivity index (χ3n) is 7.77. The number of hydrogen-bond acceptors (Lipinski definition) is 6. The minimum Gasteiger partial charge on any atom is -0.338 e. The van der Waals surface area contributed by atoms with E-state index >= 15 is 0 Å². The summed E-state index contributed by atoms with van der Waals surface area (Å²) >= 11 is 1.38. The zero-order valence-electron chi connectivity index (χ0n) is 22.9. The van der Waals surface area contributed by atoms with E-state index in [1.807, 2.05) is 65.8 Å². The molecule has 4 heterocycles. The molecule has 0 saturated carbocycles. The molecule has 2 aromatic heterocycles. The number of anilines is 1. The molecule has 0 radical (unpaired) electrons. The monoisotopic (exact) mass is 568 g/mol. The van der Waals surface area contributed by atoms with Gasteiger partial charge in [0.15, 0.2) is 0 Å². The molecule has 0 aliphatic carbocycles. The summed E-state index contributed by atoms with van der Waals surface area (Å²) in [4.78, 5) is 43.7. The summed E-state index contributed by atoms with van der Waals surface area (Å²) in [7, 11) is 0. The largest absolute Gasteiger partial charge is 0.338 e. The maximum atomic E-state index is 13.5. The van der Waals surface area contributed by atoms with Crippen LogP contribution in [0.4, 0.5) is 5.69 Å². The van der Waals surface area contributed by atoms with Crippen molar-refractivity contribution in [3.8, 4) is 0 Å². The molecule has 2 fully saturated rings. The van der Waals surface area contributed by atoms with Gasteiger partial charge in [0.1, 0.15) is 0 Å². The predicted octanol–water partition coefficient (Wildman–Crippen LogP) is 4.39. The van der Waals surface area contributed by atoms with E-state index in [2.05, 4.69) is 20.8 Å². The van der Waals surface area contributed by atoms with E-state index in [0.29, 0.717) is 42.3 Å². The smallest absolute Gasteiger partial charge is 0.266 e. The van der Waals surface area contributed by atoms with E-state index in [4.69, 9.17) is 0 Å². The average molecular weight is 569 g/mol. The van der Waals surface area contributed by atoms with Gasteiger partial charge in [-0.2, -0.15) is 5.10 Å². The first-order valence-electron chi connectivity index (χ1n) is 13.9. The van der Waals surface area contributed by atoms with Crippen molar-refractivity contribution in [1.82, 2.24) is 25.3 Å². The summed E-state index contributed by atoms with van der Waals surface area (Å²) in [6.07, 6.45) is 5.68. The number of aromatic amines is 1. The molecule has 1 unspecified atom stereocenters. The Kier molecular flexibility index (Phi) is 7.67. The lowest BCUT2D eigenvalue weighted by atomic mass is 10.1. The summed E-state index contributed by atoms with van der Waals surface area (Å²) in [6, 6.07) is 15.1. The van der Waals surface area contributed by atoms with E-state index in [9.17, 15) is 14.4 Å². The van der Waals surface area contributed by atoms with Crippen LogP contribution in [-0.2, 0) is 4.79 Å². The van der Waals surface area contributed by atoms with E-state index < -0.39 is 0 Å². The Labute approximate surface area is 242 Å². The van der Waals surface area contributed by atoms with Crippen molar-refractivity contribution in [3.63, 3.8) is 0 Å². The molecule has 0 bridgehead atoms. The highest BCUT2D eigenvalue weighted by molar-refractivity contribution is 7.12. The SMILES string of the molecule is Cc1ccsc1C(=O)Nc1cc(C(=O)N2CCN(C(=O)C3CCCN3)CC2)ccc1/C=C/c1n[nH]c2ccccc12. The lowest BCUT2D eigenvalue weighted by Crippen LogP contribution is -2.54. The summed E-state index contributed by atoms with van der Waals surface area (Å²) < 4.78 is 0. The molecule has 3 amide bonds. The van der Waals surface area contributed by atoms with Gasteiger partial charge in [0.2, 0.25) is 5.91 Å². The number of rotatable bonds is 6. The molecule has 6 rings (SSSR count). The zero-order valence-corrected chi connectivity index (χ0v) is 23.7. The van der Waals surface area contributed by atoms with Crippen LogP contribution in [0.2, 0.25) is 0 Å². The van der Waals surface area contributed by atoms with Crippen molar-refractivity contribution < 1.29 is 14.4 Å². The van der Waals surface area contributed by atoms with Gasteiger partial charge in [0.05, 0.1) is 22.1 Å². The van der Waals surface area contributed by atoms with Crippen LogP contribution in [0.5, 0.6) is 0 Å². The van der Waals surface area contributed by atoms with Crippen LogP contribution in [0.25, 0.3) is 23.1 Å². The molecule has 2 aliphatic rings. The lowest BCUT2D eigenvalue weighted by molar-refractivity contribution is -0.134. The second kappa shape index (κ2) is 11.7. The molecule has 0 spiro atoms. The van der Waals surface area contributed by atoms with E-state index in [1.54, 1.807) is 17.0 Å². The highest BCUT2D eigenvalue weighted by Gasteiger charge is 2.30. The lowest BCUT2D eigenvalue weighted by Gasteiger charge is -2.36. The van der Waals surface area contributed by atoms with Crippen molar-refractivity contribution in [2.75, 3.05) is 38.0 Å². The first-order valence-corrected chi connectivity index (χ1v) is 14.8. The number of thiophene rings is 1. The highest BCUT2D eigenvalue weighted by atomic mass is 32.1. The summed E-state index contributed by atoms with van der Waals surface area (Å²) in [6.45, 7) is 4.76. The summed E-state index contributed by atoms with van der Waals surface area (Å²) in [5.41, 5.74) is 4.42. The highest BCUT2D eigenvalue weighted by Crippen LogP contribution is 2.26. The number of carbonyl (C=O) groups excluding carboxylic acids is 3. The van der Waals surface area contributed by atoms with Crippen molar-refractivity contribution in [1.29, 1.82) is 0 Å². The molecule has 10 heteroatoms. The van der Waals surface area contributed by atoms with E-state index in [1.165, 1.54) is 11.3 Å². The number of hydrogen-bond donors (Lipinski definition) is 3. The third-order valence-corrected chi connectivity index (χ3v) is 8.79. The van der Waals surface area contributed by atoms with Gasteiger partial charge in [-0.15, -0.1) is 11.3 Å². The molecular formula is C31H32N6O3S. The molecule has 210 valence electrons.